The highest BCUT2D eigenvalue weighted by atomic mass is 32.2. The molecule has 2 rings (SSSR count). The van der Waals surface area contributed by atoms with E-state index in [1.165, 1.54) is 10.6 Å². The van der Waals surface area contributed by atoms with Gasteiger partial charge in [0.05, 0.1) is 23.3 Å². The van der Waals surface area contributed by atoms with Crippen LogP contribution >= 0.6 is 34.4 Å². The average Bonchev–Trinajstić information content (AvgIpc) is 2.98. The van der Waals surface area contributed by atoms with Gasteiger partial charge in [-0.05, 0) is 25.3 Å². The highest BCUT2D eigenvalue weighted by molar-refractivity contribution is 7.98. The van der Waals surface area contributed by atoms with Crippen LogP contribution in [-0.4, -0.2) is 23.4 Å². The molecule has 0 amide bonds. The Labute approximate surface area is 120 Å². The molecule has 2 nitrogen and oxygen atoms in total. The molecule has 0 aliphatic heterocycles. The summed E-state index contributed by atoms with van der Waals surface area (Å²) < 4.78 is 5.51. The Morgan fingerprint density at radius 2 is 2.28 bits per heavy atom. The van der Waals surface area contributed by atoms with E-state index >= 15 is 0 Å². The van der Waals surface area contributed by atoms with Gasteiger partial charge in [0, 0.05) is 16.9 Å². The molecular weight excluding hydrogens is 282 g/mol. The van der Waals surface area contributed by atoms with Crippen molar-refractivity contribution in [3.63, 3.8) is 0 Å². The zero-order valence-corrected chi connectivity index (χ0v) is 13.0. The van der Waals surface area contributed by atoms with Crippen LogP contribution in [0.15, 0.2) is 22.9 Å². The van der Waals surface area contributed by atoms with Crippen LogP contribution in [0.5, 0.6) is 0 Å². The van der Waals surface area contributed by atoms with Crippen LogP contribution in [0.3, 0.4) is 0 Å². The van der Waals surface area contributed by atoms with E-state index in [0.717, 1.165) is 23.1 Å². The quantitative estimate of drug-likeness (QED) is 0.701. The second-order valence-corrected chi connectivity index (χ2v) is 7.00. The number of hydrogen-bond donors (Lipinski definition) is 0. The van der Waals surface area contributed by atoms with Crippen LogP contribution in [0.2, 0.25) is 0 Å². The largest absolute Gasteiger partial charge is 0.378 e. The second-order valence-electron chi connectivity index (χ2n) is 4.09. The van der Waals surface area contributed by atoms with E-state index in [9.17, 15) is 0 Å². The van der Waals surface area contributed by atoms with Gasteiger partial charge in [0.2, 0.25) is 0 Å². The Morgan fingerprint density at radius 3 is 3.00 bits per heavy atom. The van der Waals surface area contributed by atoms with Crippen molar-refractivity contribution in [3.05, 3.63) is 28.6 Å². The molecule has 0 aliphatic carbocycles. The lowest BCUT2D eigenvalue weighted by atomic mass is 10.5. The van der Waals surface area contributed by atoms with Crippen LogP contribution in [0.4, 0.5) is 0 Å². The van der Waals surface area contributed by atoms with E-state index in [2.05, 4.69) is 41.7 Å². The van der Waals surface area contributed by atoms with E-state index in [4.69, 9.17) is 4.74 Å². The van der Waals surface area contributed by atoms with Gasteiger partial charge in [0.1, 0.15) is 5.01 Å². The maximum absolute atomic E-state index is 5.51. The fourth-order valence-electron chi connectivity index (χ4n) is 1.41. The summed E-state index contributed by atoms with van der Waals surface area (Å²) in [5.74, 6) is 2.01. The summed E-state index contributed by atoms with van der Waals surface area (Å²) in [6, 6.07) is 4.19. The molecular formula is C13H17NOS3. The zero-order valence-electron chi connectivity index (χ0n) is 10.6. The fraction of sp³-hybridized carbons (Fsp3) is 0.462. The minimum atomic E-state index is 0.329. The molecule has 0 spiro atoms. The predicted molar refractivity (Wildman–Crippen MR) is 82.7 cm³/mol. The summed E-state index contributed by atoms with van der Waals surface area (Å²) in [4.78, 5) is 5.92. The molecule has 0 unspecified atom stereocenters. The second kappa shape index (κ2) is 7.28. The number of thiophene rings is 1. The van der Waals surface area contributed by atoms with Gasteiger partial charge in [-0.25, -0.2) is 4.98 Å². The first-order valence-corrected chi connectivity index (χ1v) is 8.84. The van der Waals surface area contributed by atoms with Crippen LogP contribution in [0, 0.1) is 0 Å². The van der Waals surface area contributed by atoms with Gasteiger partial charge in [-0.3, -0.25) is 0 Å². The topological polar surface area (TPSA) is 22.1 Å². The van der Waals surface area contributed by atoms with E-state index in [1.54, 1.807) is 22.7 Å². The lowest BCUT2D eigenvalue weighted by molar-refractivity contribution is 0.0920. The molecule has 2 aromatic rings. The fourth-order valence-corrected chi connectivity index (χ4v) is 3.86. The maximum atomic E-state index is 5.51. The molecule has 0 saturated carbocycles. The Bertz CT molecular complexity index is 451. The Hall–Kier alpha value is -0.360. The molecule has 98 valence electrons. The van der Waals surface area contributed by atoms with E-state index in [-0.39, 0.29) is 0 Å². The molecule has 0 radical (unpaired) electrons. The van der Waals surface area contributed by atoms with Crippen LogP contribution < -0.4 is 0 Å². The molecule has 18 heavy (non-hydrogen) atoms. The highest BCUT2D eigenvalue weighted by Gasteiger charge is 2.05. The summed E-state index contributed by atoms with van der Waals surface area (Å²) in [5, 5.41) is 5.39. The zero-order chi connectivity index (χ0) is 12.8. The summed E-state index contributed by atoms with van der Waals surface area (Å²) >= 11 is 5.36. The summed E-state index contributed by atoms with van der Waals surface area (Å²) in [7, 11) is 0. The Morgan fingerprint density at radius 1 is 1.39 bits per heavy atom. The third-order valence-corrected chi connectivity index (χ3v) is 5.10. The van der Waals surface area contributed by atoms with Crippen molar-refractivity contribution in [3.8, 4) is 9.88 Å². The maximum Gasteiger partial charge on any atom is 0.133 e. The van der Waals surface area contributed by atoms with E-state index in [0.29, 0.717) is 6.10 Å². The third-order valence-electron chi connectivity index (χ3n) is 2.21. The number of thioether (sulfide) groups is 1. The first-order chi connectivity index (χ1) is 8.75. The molecule has 0 bridgehead atoms. The molecule has 0 N–H and O–H groups in total. The standard InChI is InChI=1S/C13H17NOS3/c1-10(2)15-5-7-16-8-11-9-18-13(14-11)12-4-3-6-17-12/h3-4,6,9-10H,5,7-8H2,1-2H3. The third kappa shape index (κ3) is 4.39. The van der Waals surface area contributed by atoms with Crippen molar-refractivity contribution in [1.29, 1.82) is 0 Å². The smallest absolute Gasteiger partial charge is 0.133 e. The highest BCUT2D eigenvalue weighted by Crippen LogP contribution is 2.28. The minimum absolute atomic E-state index is 0.329. The number of rotatable bonds is 7. The van der Waals surface area contributed by atoms with Crippen molar-refractivity contribution in [2.45, 2.75) is 25.7 Å². The number of thiazole rings is 1. The van der Waals surface area contributed by atoms with Gasteiger partial charge in [-0.2, -0.15) is 11.8 Å². The molecule has 0 saturated heterocycles. The van der Waals surface area contributed by atoms with Crippen LogP contribution in [0.1, 0.15) is 19.5 Å². The average molecular weight is 299 g/mol. The first kappa shape index (κ1) is 14.1. The van der Waals surface area contributed by atoms with Gasteiger partial charge < -0.3 is 4.74 Å². The minimum Gasteiger partial charge on any atom is -0.378 e. The van der Waals surface area contributed by atoms with Crippen molar-refractivity contribution in [2.75, 3.05) is 12.4 Å². The van der Waals surface area contributed by atoms with Gasteiger partial charge in [0.15, 0.2) is 0 Å². The first-order valence-electron chi connectivity index (χ1n) is 5.93. The summed E-state index contributed by atoms with van der Waals surface area (Å²) in [6.07, 6.45) is 0.329. The van der Waals surface area contributed by atoms with Gasteiger partial charge in [-0.1, -0.05) is 6.07 Å². The summed E-state index contributed by atoms with van der Waals surface area (Å²) in [6.45, 7) is 4.96. The van der Waals surface area contributed by atoms with Gasteiger partial charge in [0.25, 0.3) is 0 Å². The molecule has 2 heterocycles. The van der Waals surface area contributed by atoms with Gasteiger partial charge in [-0.15, -0.1) is 22.7 Å². The molecule has 0 atom stereocenters. The van der Waals surface area contributed by atoms with Crippen molar-refractivity contribution < 1.29 is 4.74 Å². The van der Waals surface area contributed by atoms with Crippen LogP contribution in [0.25, 0.3) is 9.88 Å². The molecule has 0 aromatic carbocycles. The van der Waals surface area contributed by atoms with Crippen LogP contribution in [-0.2, 0) is 10.5 Å². The lowest BCUT2D eigenvalue weighted by Gasteiger charge is -2.05. The Balaban J connectivity index is 1.74. The molecule has 5 heteroatoms. The van der Waals surface area contributed by atoms with Crippen molar-refractivity contribution >= 4 is 34.4 Å². The van der Waals surface area contributed by atoms with E-state index < -0.39 is 0 Å². The SMILES string of the molecule is CC(C)OCCSCc1csc(-c2cccs2)n1. The lowest BCUT2D eigenvalue weighted by Crippen LogP contribution is -2.05. The van der Waals surface area contributed by atoms with Gasteiger partial charge >= 0.3 is 0 Å². The van der Waals surface area contributed by atoms with Crippen molar-refractivity contribution in [1.82, 2.24) is 4.98 Å². The predicted octanol–water partition coefficient (Wildman–Crippen LogP) is 4.53. The number of hydrogen-bond acceptors (Lipinski definition) is 5. The number of ether oxygens (including phenoxy) is 1. The number of nitrogens with zero attached hydrogens (tertiary/aromatic N) is 1. The Kier molecular flexibility index (Phi) is 5.69. The monoisotopic (exact) mass is 299 g/mol. The molecule has 0 fully saturated rings. The molecule has 2 aromatic heterocycles. The van der Waals surface area contributed by atoms with E-state index in [1.807, 2.05) is 11.8 Å². The summed E-state index contributed by atoms with van der Waals surface area (Å²) in [5.41, 5.74) is 1.18. The number of aromatic nitrogens is 1. The normalized spacial score (nSPS) is 11.3. The molecule has 0 aliphatic rings. The van der Waals surface area contributed by atoms with Crippen molar-refractivity contribution in [2.24, 2.45) is 0 Å².